The molecule has 3 nitrogen and oxygen atoms in total. The first-order valence-corrected chi connectivity index (χ1v) is 8.29. The van der Waals surface area contributed by atoms with Crippen molar-refractivity contribution in [3.8, 4) is 0 Å². The first kappa shape index (κ1) is 15.3. The molecule has 2 N–H and O–H groups in total. The Labute approximate surface area is 118 Å². The highest BCUT2D eigenvalue weighted by molar-refractivity contribution is 4.88. The highest BCUT2D eigenvalue weighted by atomic mass is 16.3. The third kappa shape index (κ3) is 4.73. The van der Waals surface area contributed by atoms with Crippen LogP contribution < -0.4 is 5.32 Å². The molecule has 1 saturated carbocycles. The van der Waals surface area contributed by atoms with E-state index in [2.05, 4.69) is 24.1 Å². The van der Waals surface area contributed by atoms with Gasteiger partial charge >= 0.3 is 0 Å². The molecule has 0 bridgehead atoms. The van der Waals surface area contributed by atoms with E-state index in [9.17, 15) is 5.11 Å². The lowest BCUT2D eigenvalue weighted by Gasteiger charge is -2.36. The van der Waals surface area contributed by atoms with Crippen molar-refractivity contribution in [2.75, 3.05) is 26.2 Å². The van der Waals surface area contributed by atoms with E-state index in [-0.39, 0.29) is 0 Å². The van der Waals surface area contributed by atoms with Gasteiger partial charge in [-0.2, -0.15) is 0 Å². The molecule has 1 heterocycles. The summed E-state index contributed by atoms with van der Waals surface area (Å²) in [5.41, 5.74) is -0.436. The normalized spacial score (nSPS) is 38.1. The van der Waals surface area contributed by atoms with Gasteiger partial charge in [0.25, 0.3) is 0 Å². The van der Waals surface area contributed by atoms with E-state index in [1.165, 1.54) is 51.7 Å². The SMILES string of the molecule is CCN1CCCC(NCC2(O)CCCC(C)C2)CC1. The van der Waals surface area contributed by atoms with Crippen LogP contribution in [-0.4, -0.2) is 47.8 Å². The Kier molecular flexibility index (Phi) is 5.67. The maximum absolute atomic E-state index is 10.7. The van der Waals surface area contributed by atoms with E-state index in [1.807, 2.05) is 0 Å². The average Bonchev–Trinajstić information content (AvgIpc) is 2.61. The minimum Gasteiger partial charge on any atom is -0.389 e. The number of nitrogens with one attached hydrogen (secondary N) is 1. The van der Waals surface area contributed by atoms with E-state index in [4.69, 9.17) is 0 Å². The first-order chi connectivity index (χ1) is 9.11. The fourth-order valence-electron chi connectivity index (χ4n) is 3.80. The molecule has 19 heavy (non-hydrogen) atoms. The summed E-state index contributed by atoms with van der Waals surface area (Å²) < 4.78 is 0. The molecule has 1 aliphatic carbocycles. The first-order valence-electron chi connectivity index (χ1n) is 8.29. The molecular formula is C16H32N2O. The molecule has 0 spiro atoms. The summed E-state index contributed by atoms with van der Waals surface area (Å²) in [6, 6.07) is 0.609. The van der Waals surface area contributed by atoms with Crippen molar-refractivity contribution in [3.63, 3.8) is 0 Å². The summed E-state index contributed by atoms with van der Waals surface area (Å²) in [7, 11) is 0. The number of aliphatic hydroxyl groups is 1. The van der Waals surface area contributed by atoms with Gasteiger partial charge < -0.3 is 15.3 Å². The van der Waals surface area contributed by atoms with Crippen molar-refractivity contribution in [2.24, 2.45) is 5.92 Å². The van der Waals surface area contributed by atoms with Crippen molar-refractivity contribution in [1.29, 1.82) is 0 Å². The summed E-state index contributed by atoms with van der Waals surface area (Å²) >= 11 is 0. The van der Waals surface area contributed by atoms with Crippen LogP contribution in [0.4, 0.5) is 0 Å². The molecule has 1 saturated heterocycles. The van der Waals surface area contributed by atoms with Gasteiger partial charge in [-0.05, 0) is 57.7 Å². The van der Waals surface area contributed by atoms with Gasteiger partial charge in [0.05, 0.1) is 5.60 Å². The smallest absolute Gasteiger partial charge is 0.0774 e. The number of nitrogens with zero attached hydrogens (tertiary/aromatic N) is 1. The summed E-state index contributed by atoms with van der Waals surface area (Å²) in [5, 5.41) is 14.3. The van der Waals surface area contributed by atoms with Gasteiger partial charge in [-0.3, -0.25) is 0 Å². The lowest BCUT2D eigenvalue weighted by molar-refractivity contribution is -0.0140. The molecular weight excluding hydrogens is 236 g/mol. The van der Waals surface area contributed by atoms with Gasteiger partial charge in [-0.1, -0.05) is 26.7 Å². The van der Waals surface area contributed by atoms with Crippen molar-refractivity contribution in [2.45, 2.75) is 70.4 Å². The van der Waals surface area contributed by atoms with Crippen molar-refractivity contribution < 1.29 is 5.11 Å². The van der Waals surface area contributed by atoms with Gasteiger partial charge in [0.15, 0.2) is 0 Å². The summed E-state index contributed by atoms with van der Waals surface area (Å²) in [6.07, 6.45) is 8.23. The molecule has 3 atom stereocenters. The summed E-state index contributed by atoms with van der Waals surface area (Å²) in [6.45, 7) is 8.95. The Morgan fingerprint density at radius 2 is 2.05 bits per heavy atom. The molecule has 2 aliphatic rings. The van der Waals surface area contributed by atoms with Crippen LogP contribution in [0.2, 0.25) is 0 Å². The van der Waals surface area contributed by atoms with Crippen molar-refractivity contribution >= 4 is 0 Å². The maximum Gasteiger partial charge on any atom is 0.0774 e. The Hall–Kier alpha value is -0.120. The highest BCUT2D eigenvalue weighted by Crippen LogP contribution is 2.31. The Balaban J connectivity index is 1.75. The molecule has 0 aromatic rings. The van der Waals surface area contributed by atoms with Crippen LogP contribution in [0.15, 0.2) is 0 Å². The van der Waals surface area contributed by atoms with E-state index in [0.717, 1.165) is 19.4 Å². The molecule has 1 aliphatic heterocycles. The van der Waals surface area contributed by atoms with Gasteiger partial charge in [0, 0.05) is 12.6 Å². The molecule has 2 rings (SSSR count). The quantitative estimate of drug-likeness (QED) is 0.822. The molecule has 0 amide bonds. The second kappa shape index (κ2) is 7.05. The lowest BCUT2D eigenvalue weighted by Crippen LogP contribution is -2.47. The van der Waals surface area contributed by atoms with Crippen LogP contribution in [0.1, 0.15) is 58.8 Å². The van der Waals surface area contributed by atoms with E-state index in [1.54, 1.807) is 0 Å². The maximum atomic E-state index is 10.7. The number of likely N-dealkylation sites (tertiary alicyclic amines) is 1. The summed E-state index contributed by atoms with van der Waals surface area (Å²) in [5.74, 6) is 0.685. The van der Waals surface area contributed by atoms with Gasteiger partial charge in [0.1, 0.15) is 0 Å². The molecule has 3 unspecified atom stereocenters. The highest BCUT2D eigenvalue weighted by Gasteiger charge is 2.33. The number of hydrogen-bond donors (Lipinski definition) is 2. The molecule has 0 aromatic carbocycles. The largest absolute Gasteiger partial charge is 0.389 e. The number of hydrogen-bond acceptors (Lipinski definition) is 3. The minimum absolute atomic E-state index is 0.436. The van der Waals surface area contributed by atoms with E-state index < -0.39 is 5.60 Å². The standard InChI is InChI=1S/C16H32N2O/c1-3-18-10-5-7-15(8-11-18)17-13-16(19)9-4-6-14(2)12-16/h14-15,17,19H,3-13H2,1-2H3. The second-order valence-corrected chi connectivity index (χ2v) is 6.87. The zero-order chi connectivity index (χ0) is 13.7. The third-order valence-electron chi connectivity index (χ3n) is 5.06. The van der Waals surface area contributed by atoms with Crippen LogP contribution in [0, 0.1) is 5.92 Å². The zero-order valence-electron chi connectivity index (χ0n) is 12.8. The zero-order valence-corrected chi connectivity index (χ0v) is 12.8. The molecule has 0 radical (unpaired) electrons. The Bertz CT molecular complexity index is 271. The van der Waals surface area contributed by atoms with Gasteiger partial charge in [0.2, 0.25) is 0 Å². The van der Waals surface area contributed by atoms with Gasteiger partial charge in [-0.25, -0.2) is 0 Å². The fourth-order valence-corrected chi connectivity index (χ4v) is 3.80. The van der Waals surface area contributed by atoms with Gasteiger partial charge in [-0.15, -0.1) is 0 Å². The Morgan fingerprint density at radius 1 is 1.21 bits per heavy atom. The molecule has 3 heteroatoms. The van der Waals surface area contributed by atoms with Crippen molar-refractivity contribution in [3.05, 3.63) is 0 Å². The number of rotatable bonds is 4. The monoisotopic (exact) mass is 268 g/mol. The van der Waals surface area contributed by atoms with E-state index in [0.29, 0.717) is 12.0 Å². The summed E-state index contributed by atoms with van der Waals surface area (Å²) in [4.78, 5) is 2.54. The molecule has 2 fully saturated rings. The third-order valence-corrected chi connectivity index (χ3v) is 5.06. The second-order valence-electron chi connectivity index (χ2n) is 6.87. The molecule has 112 valence electrons. The Morgan fingerprint density at radius 3 is 2.79 bits per heavy atom. The minimum atomic E-state index is -0.436. The average molecular weight is 268 g/mol. The van der Waals surface area contributed by atoms with E-state index >= 15 is 0 Å². The van der Waals surface area contributed by atoms with Crippen molar-refractivity contribution in [1.82, 2.24) is 10.2 Å². The van der Waals surface area contributed by atoms with Crippen LogP contribution >= 0.6 is 0 Å². The fraction of sp³-hybridized carbons (Fsp3) is 1.00. The van der Waals surface area contributed by atoms with Crippen LogP contribution in [0.25, 0.3) is 0 Å². The molecule has 0 aromatic heterocycles. The van der Waals surface area contributed by atoms with Crippen LogP contribution in [-0.2, 0) is 0 Å². The predicted octanol–water partition coefficient (Wildman–Crippen LogP) is 2.39. The topological polar surface area (TPSA) is 35.5 Å². The van der Waals surface area contributed by atoms with Crippen LogP contribution in [0.3, 0.4) is 0 Å². The van der Waals surface area contributed by atoms with Crippen LogP contribution in [0.5, 0.6) is 0 Å². The lowest BCUT2D eigenvalue weighted by atomic mass is 9.79. The predicted molar refractivity (Wildman–Crippen MR) is 80.3 cm³/mol.